The predicted molar refractivity (Wildman–Crippen MR) is 71.9 cm³/mol. The molecule has 0 aliphatic heterocycles. The number of halogens is 1. The highest BCUT2D eigenvalue weighted by Crippen LogP contribution is 2.21. The van der Waals surface area contributed by atoms with E-state index in [1.807, 2.05) is 0 Å². The minimum absolute atomic E-state index is 0.0529. The standard InChI is InChI=1S/C11H12BrN3O4/c1-5(14-11(13)19)9(16)15-8-4-6(12)2-3-7(8)10(17)18/h2-5H,1H3,(H,15,16)(H,17,18)(H3,13,14,19). The van der Waals surface area contributed by atoms with Gasteiger partial charge in [-0.3, -0.25) is 4.79 Å². The van der Waals surface area contributed by atoms with Crippen LogP contribution in [0.15, 0.2) is 22.7 Å². The van der Waals surface area contributed by atoms with Crippen molar-refractivity contribution in [3.63, 3.8) is 0 Å². The minimum Gasteiger partial charge on any atom is -0.478 e. The lowest BCUT2D eigenvalue weighted by Gasteiger charge is -2.14. The SMILES string of the molecule is CC(NC(N)=O)C(=O)Nc1cc(Br)ccc1C(=O)O. The summed E-state index contributed by atoms with van der Waals surface area (Å²) >= 11 is 3.18. The molecule has 19 heavy (non-hydrogen) atoms. The van der Waals surface area contributed by atoms with Crippen molar-refractivity contribution < 1.29 is 19.5 Å². The molecule has 0 saturated heterocycles. The first-order chi connectivity index (χ1) is 8.81. The second-order valence-electron chi connectivity index (χ2n) is 3.71. The van der Waals surface area contributed by atoms with Gasteiger partial charge in [0.15, 0.2) is 0 Å². The van der Waals surface area contributed by atoms with E-state index in [1.54, 1.807) is 6.07 Å². The lowest BCUT2D eigenvalue weighted by molar-refractivity contribution is -0.117. The van der Waals surface area contributed by atoms with E-state index in [2.05, 4.69) is 26.6 Å². The second-order valence-corrected chi connectivity index (χ2v) is 4.63. The number of aromatic carboxylic acids is 1. The summed E-state index contributed by atoms with van der Waals surface area (Å²) in [4.78, 5) is 33.4. The van der Waals surface area contributed by atoms with E-state index in [1.165, 1.54) is 19.1 Å². The van der Waals surface area contributed by atoms with Crippen LogP contribution in [-0.2, 0) is 4.79 Å². The summed E-state index contributed by atoms with van der Waals surface area (Å²) in [6, 6.07) is 2.64. The van der Waals surface area contributed by atoms with Crippen LogP contribution in [0.25, 0.3) is 0 Å². The second kappa shape index (κ2) is 6.19. The molecule has 8 heteroatoms. The van der Waals surface area contributed by atoms with Crippen LogP contribution >= 0.6 is 15.9 Å². The first-order valence-electron chi connectivity index (χ1n) is 5.21. The quantitative estimate of drug-likeness (QED) is 0.661. The Morgan fingerprint density at radius 3 is 2.53 bits per heavy atom. The molecule has 5 N–H and O–H groups in total. The number of carboxylic acid groups (broad SMARTS) is 1. The van der Waals surface area contributed by atoms with E-state index in [0.29, 0.717) is 4.47 Å². The summed E-state index contributed by atoms with van der Waals surface area (Å²) in [6.45, 7) is 1.43. The van der Waals surface area contributed by atoms with Gasteiger partial charge in [0.05, 0.1) is 11.3 Å². The zero-order chi connectivity index (χ0) is 14.6. The fourth-order valence-corrected chi connectivity index (χ4v) is 1.69. The first kappa shape index (κ1) is 15.0. The van der Waals surface area contributed by atoms with E-state index < -0.39 is 23.9 Å². The van der Waals surface area contributed by atoms with E-state index >= 15 is 0 Å². The molecule has 1 unspecified atom stereocenters. The van der Waals surface area contributed by atoms with E-state index in [-0.39, 0.29) is 11.3 Å². The molecule has 0 spiro atoms. The van der Waals surface area contributed by atoms with Crippen LogP contribution < -0.4 is 16.4 Å². The zero-order valence-corrected chi connectivity index (χ0v) is 11.5. The maximum absolute atomic E-state index is 11.7. The normalized spacial score (nSPS) is 11.5. The zero-order valence-electron chi connectivity index (χ0n) is 9.94. The van der Waals surface area contributed by atoms with Gasteiger partial charge in [-0.1, -0.05) is 15.9 Å². The molecule has 0 aliphatic carbocycles. The van der Waals surface area contributed by atoms with Gasteiger partial charge in [0.1, 0.15) is 6.04 Å². The average Bonchev–Trinajstić information content (AvgIpc) is 2.27. The molecule has 0 bridgehead atoms. The third-order valence-corrected chi connectivity index (χ3v) is 2.72. The summed E-state index contributed by atoms with van der Waals surface area (Å²) in [7, 11) is 0. The third-order valence-electron chi connectivity index (χ3n) is 2.22. The lowest BCUT2D eigenvalue weighted by atomic mass is 10.1. The Balaban J connectivity index is 2.92. The summed E-state index contributed by atoms with van der Waals surface area (Å²) in [5.41, 5.74) is 4.97. The van der Waals surface area contributed by atoms with Gasteiger partial charge in [-0.2, -0.15) is 0 Å². The van der Waals surface area contributed by atoms with Crippen LogP contribution in [0.5, 0.6) is 0 Å². The van der Waals surface area contributed by atoms with Crippen LogP contribution in [0.4, 0.5) is 10.5 Å². The highest BCUT2D eigenvalue weighted by atomic mass is 79.9. The topological polar surface area (TPSA) is 122 Å². The highest BCUT2D eigenvalue weighted by molar-refractivity contribution is 9.10. The molecule has 1 rings (SSSR count). The molecule has 0 aromatic heterocycles. The van der Waals surface area contributed by atoms with Crippen molar-refractivity contribution in [3.8, 4) is 0 Å². The number of nitrogens with one attached hydrogen (secondary N) is 2. The van der Waals surface area contributed by atoms with Gasteiger partial charge in [0, 0.05) is 4.47 Å². The maximum atomic E-state index is 11.7. The smallest absolute Gasteiger partial charge is 0.337 e. The van der Waals surface area contributed by atoms with Gasteiger partial charge in [0.2, 0.25) is 5.91 Å². The van der Waals surface area contributed by atoms with Crippen LogP contribution in [0, 0.1) is 0 Å². The van der Waals surface area contributed by atoms with Gasteiger partial charge in [-0.05, 0) is 25.1 Å². The number of carbonyl (C=O) groups is 3. The number of hydrogen-bond donors (Lipinski definition) is 4. The Bertz CT molecular complexity index is 533. The number of hydrogen-bond acceptors (Lipinski definition) is 3. The largest absolute Gasteiger partial charge is 0.478 e. The van der Waals surface area contributed by atoms with Gasteiger partial charge in [-0.15, -0.1) is 0 Å². The summed E-state index contributed by atoms with van der Waals surface area (Å²) < 4.78 is 0.614. The molecule has 0 radical (unpaired) electrons. The van der Waals surface area contributed by atoms with Crippen LogP contribution in [-0.4, -0.2) is 29.1 Å². The van der Waals surface area contributed by atoms with Crippen molar-refractivity contribution in [2.24, 2.45) is 5.73 Å². The molecule has 0 fully saturated rings. The summed E-state index contributed by atoms with van der Waals surface area (Å²) in [6.07, 6.45) is 0. The van der Waals surface area contributed by atoms with E-state index in [0.717, 1.165) is 0 Å². The first-order valence-corrected chi connectivity index (χ1v) is 6.00. The maximum Gasteiger partial charge on any atom is 0.337 e. The van der Waals surface area contributed by atoms with Crippen LogP contribution in [0.2, 0.25) is 0 Å². The van der Waals surface area contributed by atoms with E-state index in [9.17, 15) is 14.4 Å². The third kappa shape index (κ3) is 4.25. The van der Waals surface area contributed by atoms with Crippen LogP contribution in [0.3, 0.4) is 0 Å². The van der Waals surface area contributed by atoms with E-state index in [4.69, 9.17) is 10.8 Å². The predicted octanol–water partition coefficient (Wildman–Crippen LogP) is 1.14. The lowest BCUT2D eigenvalue weighted by Crippen LogP contribution is -2.44. The Labute approximate surface area is 117 Å². The van der Waals surface area contributed by atoms with Crippen molar-refractivity contribution in [1.82, 2.24) is 5.32 Å². The number of rotatable bonds is 4. The molecule has 1 aromatic rings. The molecule has 1 aromatic carbocycles. The number of nitrogens with two attached hydrogens (primary N) is 1. The summed E-state index contributed by atoms with van der Waals surface area (Å²) in [5.74, 6) is -1.74. The molecular formula is C11H12BrN3O4. The number of carboxylic acids is 1. The Morgan fingerprint density at radius 1 is 1.37 bits per heavy atom. The Morgan fingerprint density at radius 2 is 2.00 bits per heavy atom. The van der Waals surface area contributed by atoms with Crippen molar-refractivity contribution in [1.29, 1.82) is 0 Å². The van der Waals surface area contributed by atoms with Crippen molar-refractivity contribution in [3.05, 3.63) is 28.2 Å². The van der Waals surface area contributed by atoms with Gasteiger partial charge >= 0.3 is 12.0 Å². The molecular weight excluding hydrogens is 318 g/mol. The molecule has 0 saturated carbocycles. The minimum atomic E-state index is -1.17. The van der Waals surface area contributed by atoms with Crippen molar-refractivity contribution in [2.75, 3.05) is 5.32 Å². The number of amides is 3. The molecule has 3 amide bonds. The fraction of sp³-hybridized carbons (Fsp3) is 0.182. The van der Waals surface area contributed by atoms with Gasteiger partial charge in [0.25, 0.3) is 0 Å². The van der Waals surface area contributed by atoms with Crippen molar-refractivity contribution in [2.45, 2.75) is 13.0 Å². The van der Waals surface area contributed by atoms with Gasteiger partial charge < -0.3 is 21.5 Å². The van der Waals surface area contributed by atoms with Crippen LogP contribution in [0.1, 0.15) is 17.3 Å². The number of primary amides is 1. The Kier molecular flexibility index (Phi) is 4.87. The molecule has 102 valence electrons. The Hall–Kier alpha value is -2.09. The number of benzene rings is 1. The monoisotopic (exact) mass is 329 g/mol. The average molecular weight is 330 g/mol. The molecule has 0 aliphatic rings. The molecule has 0 heterocycles. The number of carbonyl (C=O) groups excluding carboxylic acids is 2. The van der Waals surface area contributed by atoms with Crippen molar-refractivity contribution >= 4 is 39.5 Å². The number of urea groups is 1. The molecule has 7 nitrogen and oxygen atoms in total. The van der Waals surface area contributed by atoms with Gasteiger partial charge in [-0.25, -0.2) is 9.59 Å². The molecule has 1 atom stereocenters. The number of anilines is 1. The highest BCUT2D eigenvalue weighted by Gasteiger charge is 2.17. The fourth-order valence-electron chi connectivity index (χ4n) is 1.33. The summed E-state index contributed by atoms with van der Waals surface area (Å²) in [5, 5.41) is 13.6.